The van der Waals surface area contributed by atoms with E-state index < -0.39 is 5.97 Å². The summed E-state index contributed by atoms with van der Waals surface area (Å²) in [7, 11) is 0. The van der Waals surface area contributed by atoms with Crippen LogP contribution in [0, 0.1) is 17.8 Å². The molecular weight excluding hydrogens is 388 g/mol. The highest BCUT2D eigenvalue weighted by atomic mass is 32.2. The Hall–Kier alpha value is -2.02. The topological polar surface area (TPSA) is 75.7 Å². The Bertz CT molecular complexity index is 820. The van der Waals surface area contributed by atoms with Gasteiger partial charge in [-0.05, 0) is 68.4 Å². The van der Waals surface area contributed by atoms with Crippen LogP contribution in [0.2, 0.25) is 0 Å². The smallest absolute Gasteiger partial charge is 0.326 e. The van der Waals surface area contributed by atoms with Crippen molar-refractivity contribution in [1.29, 1.82) is 0 Å². The van der Waals surface area contributed by atoms with Gasteiger partial charge in [0.05, 0.1) is 11.4 Å². The number of rotatable bonds is 5. The van der Waals surface area contributed by atoms with E-state index in [4.69, 9.17) is 4.74 Å². The van der Waals surface area contributed by atoms with E-state index in [1.54, 1.807) is 0 Å². The summed E-state index contributed by atoms with van der Waals surface area (Å²) < 4.78 is 5.23. The first-order chi connectivity index (χ1) is 14.0. The van der Waals surface area contributed by atoms with Crippen LogP contribution in [0.5, 0.6) is 0 Å². The molecule has 0 aromatic heterocycles. The van der Waals surface area contributed by atoms with Crippen LogP contribution in [0.15, 0.2) is 29.2 Å². The average molecular weight is 415 g/mol. The zero-order valence-electron chi connectivity index (χ0n) is 16.4. The first kappa shape index (κ1) is 19.0. The van der Waals surface area contributed by atoms with E-state index in [-0.39, 0.29) is 30.5 Å². The summed E-state index contributed by atoms with van der Waals surface area (Å²) in [6.45, 7) is -0.444. The Balaban J connectivity index is 1.16. The Kier molecular flexibility index (Phi) is 4.81. The molecular formula is C22H26N2O4S. The second-order valence-corrected chi connectivity index (χ2v) is 10.2. The lowest BCUT2D eigenvalue weighted by Crippen LogP contribution is -2.60. The predicted molar refractivity (Wildman–Crippen MR) is 110 cm³/mol. The van der Waals surface area contributed by atoms with Gasteiger partial charge in [-0.25, -0.2) is 0 Å². The van der Waals surface area contributed by atoms with Gasteiger partial charge in [-0.2, -0.15) is 0 Å². The molecule has 0 radical (unpaired) electrons. The highest BCUT2D eigenvalue weighted by molar-refractivity contribution is 8.00. The molecule has 0 unspecified atom stereocenters. The molecule has 1 N–H and O–H groups in total. The second-order valence-electron chi connectivity index (χ2n) is 9.14. The number of fused-ring (bicyclic) bond motifs is 1. The molecule has 0 spiro atoms. The molecule has 0 atom stereocenters. The Labute approximate surface area is 174 Å². The number of ether oxygens (including phenoxy) is 1. The van der Waals surface area contributed by atoms with Crippen LogP contribution < -0.4 is 10.2 Å². The van der Waals surface area contributed by atoms with Gasteiger partial charge in [0.25, 0.3) is 5.91 Å². The molecule has 5 aliphatic rings. The maximum Gasteiger partial charge on any atom is 0.326 e. The minimum atomic E-state index is -0.555. The van der Waals surface area contributed by atoms with Gasteiger partial charge < -0.3 is 10.1 Å². The van der Waals surface area contributed by atoms with Crippen molar-refractivity contribution >= 4 is 35.2 Å². The number of carbonyl (C=O) groups excluding carboxylic acids is 3. The average Bonchev–Trinajstić information content (AvgIpc) is 2.67. The number of nitrogens with one attached hydrogen (secondary N) is 1. The largest absolute Gasteiger partial charge is 0.454 e. The summed E-state index contributed by atoms with van der Waals surface area (Å²) in [4.78, 5) is 39.5. The van der Waals surface area contributed by atoms with E-state index >= 15 is 0 Å². The summed E-state index contributed by atoms with van der Waals surface area (Å²) in [5.74, 6) is 1.63. The molecule has 6 nitrogen and oxygen atoms in total. The number of benzene rings is 1. The lowest BCUT2D eigenvalue weighted by atomic mass is 9.53. The van der Waals surface area contributed by atoms with E-state index in [1.807, 2.05) is 24.3 Å². The van der Waals surface area contributed by atoms with E-state index in [2.05, 4.69) is 5.32 Å². The molecule has 7 heteroatoms. The first-order valence-electron chi connectivity index (χ1n) is 10.5. The molecule has 0 saturated heterocycles. The molecule has 6 rings (SSSR count). The van der Waals surface area contributed by atoms with Gasteiger partial charge in [0.1, 0.15) is 6.54 Å². The highest BCUT2D eigenvalue weighted by Gasteiger charge is 2.51. The molecule has 1 aliphatic heterocycles. The van der Waals surface area contributed by atoms with Crippen molar-refractivity contribution in [3.63, 3.8) is 0 Å². The zero-order valence-corrected chi connectivity index (χ0v) is 17.2. The van der Waals surface area contributed by atoms with Gasteiger partial charge in [-0.3, -0.25) is 19.3 Å². The standard InChI is InChI=1S/C22H26N2O4S/c25-19(23-22-8-14-5-15(9-22)7-16(6-14)10-22)12-28-21(27)11-24-17-3-1-2-4-18(17)29-13-20(24)26/h1-4,14-16H,5-13H2,(H,23,25). The highest BCUT2D eigenvalue weighted by Crippen LogP contribution is 2.55. The van der Waals surface area contributed by atoms with Gasteiger partial charge in [-0.15, -0.1) is 11.8 Å². The van der Waals surface area contributed by atoms with Crippen LogP contribution in [-0.2, 0) is 19.1 Å². The lowest BCUT2D eigenvalue weighted by Gasteiger charge is -2.56. The van der Waals surface area contributed by atoms with Crippen LogP contribution in [-0.4, -0.2) is 42.2 Å². The Morgan fingerprint density at radius 2 is 1.76 bits per heavy atom. The van der Waals surface area contributed by atoms with Gasteiger partial charge in [0, 0.05) is 10.4 Å². The fourth-order valence-corrected chi connectivity index (χ4v) is 7.18. The number of carbonyl (C=O) groups is 3. The SMILES string of the molecule is O=C(COC(=O)CN1C(=O)CSc2ccccc21)NC12CC3CC(CC(C3)C1)C2. The third-order valence-corrected chi connectivity index (χ3v) is 7.95. The number of hydrogen-bond acceptors (Lipinski definition) is 5. The van der Waals surface area contributed by atoms with Gasteiger partial charge in [-0.1, -0.05) is 12.1 Å². The summed E-state index contributed by atoms with van der Waals surface area (Å²) in [5, 5.41) is 3.21. The second kappa shape index (κ2) is 7.35. The van der Waals surface area contributed by atoms with Gasteiger partial charge in [0.15, 0.2) is 6.61 Å². The predicted octanol–water partition coefficient (Wildman–Crippen LogP) is 2.75. The summed E-state index contributed by atoms with van der Waals surface area (Å²) in [5.41, 5.74) is 0.640. The number of hydrogen-bond donors (Lipinski definition) is 1. The van der Waals surface area contributed by atoms with E-state index in [0.29, 0.717) is 5.75 Å². The molecule has 4 saturated carbocycles. The minimum absolute atomic E-state index is 0.0861. The van der Waals surface area contributed by atoms with Crippen molar-refractivity contribution in [2.45, 2.75) is 49.0 Å². The molecule has 4 bridgehead atoms. The lowest BCUT2D eigenvalue weighted by molar-refractivity contribution is -0.149. The van der Waals surface area contributed by atoms with E-state index in [9.17, 15) is 14.4 Å². The normalized spacial score (nSPS) is 32.1. The fraction of sp³-hybridized carbons (Fsp3) is 0.591. The van der Waals surface area contributed by atoms with Crippen molar-refractivity contribution in [2.75, 3.05) is 23.8 Å². The third-order valence-electron chi connectivity index (χ3n) is 6.90. The number of nitrogens with zero attached hydrogens (tertiary/aromatic N) is 1. The monoisotopic (exact) mass is 414 g/mol. The van der Waals surface area contributed by atoms with Crippen LogP contribution in [0.1, 0.15) is 38.5 Å². The van der Waals surface area contributed by atoms with Crippen molar-refractivity contribution in [1.82, 2.24) is 5.32 Å². The molecule has 4 aliphatic carbocycles. The third kappa shape index (κ3) is 3.77. The van der Waals surface area contributed by atoms with E-state index in [0.717, 1.165) is 47.6 Å². The summed E-state index contributed by atoms with van der Waals surface area (Å²) in [6, 6.07) is 7.51. The van der Waals surface area contributed by atoms with Gasteiger partial charge in [0.2, 0.25) is 5.91 Å². The van der Waals surface area contributed by atoms with Crippen molar-refractivity contribution < 1.29 is 19.1 Å². The van der Waals surface area contributed by atoms with Crippen molar-refractivity contribution in [3.05, 3.63) is 24.3 Å². The number of amides is 2. The maximum atomic E-state index is 12.5. The summed E-state index contributed by atoms with van der Waals surface area (Å²) >= 11 is 1.47. The van der Waals surface area contributed by atoms with Crippen molar-refractivity contribution in [2.24, 2.45) is 17.8 Å². The zero-order chi connectivity index (χ0) is 20.0. The van der Waals surface area contributed by atoms with Crippen LogP contribution in [0.4, 0.5) is 5.69 Å². The number of anilines is 1. The Morgan fingerprint density at radius 3 is 2.45 bits per heavy atom. The van der Waals surface area contributed by atoms with Crippen LogP contribution >= 0.6 is 11.8 Å². The van der Waals surface area contributed by atoms with Crippen molar-refractivity contribution in [3.8, 4) is 0 Å². The quantitative estimate of drug-likeness (QED) is 0.750. The Morgan fingerprint density at radius 1 is 1.10 bits per heavy atom. The fourth-order valence-electron chi connectivity index (χ4n) is 6.24. The molecule has 1 heterocycles. The molecule has 2 amide bonds. The van der Waals surface area contributed by atoms with Crippen LogP contribution in [0.3, 0.4) is 0 Å². The maximum absolute atomic E-state index is 12.5. The number of esters is 1. The minimum Gasteiger partial charge on any atom is -0.454 e. The molecule has 1 aromatic carbocycles. The summed E-state index contributed by atoms with van der Waals surface area (Å²) in [6.07, 6.45) is 7.13. The van der Waals surface area contributed by atoms with Gasteiger partial charge >= 0.3 is 5.97 Å². The van der Waals surface area contributed by atoms with Crippen LogP contribution in [0.25, 0.3) is 0 Å². The molecule has 1 aromatic rings. The number of para-hydroxylation sites is 1. The first-order valence-corrected chi connectivity index (χ1v) is 11.5. The molecule has 29 heavy (non-hydrogen) atoms. The number of thioether (sulfide) groups is 1. The molecule has 4 fully saturated rings. The molecule has 154 valence electrons. The van der Waals surface area contributed by atoms with E-state index in [1.165, 1.54) is 35.9 Å².